The first-order valence-corrected chi connectivity index (χ1v) is 7.28. The Morgan fingerprint density at radius 3 is 2.79 bits per heavy atom. The lowest BCUT2D eigenvalue weighted by Gasteiger charge is -2.24. The fraction of sp³-hybridized carbons (Fsp3) is 0.364. The summed E-state index contributed by atoms with van der Waals surface area (Å²) >= 11 is 0. The summed E-state index contributed by atoms with van der Waals surface area (Å²) in [5, 5.41) is 2.94. The van der Waals surface area contributed by atoms with Gasteiger partial charge in [-0.15, -0.1) is 0 Å². The second kappa shape index (κ2) is 5.66. The molecular formula is C11H15N3O4S. The maximum Gasteiger partial charge on any atom is 0.266 e. The average Bonchev–Trinajstić information content (AvgIpc) is 2.47. The maximum atomic E-state index is 12.4. The van der Waals surface area contributed by atoms with Crippen molar-refractivity contribution in [1.82, 2.24) is 10.7 Å². The summed E-state index contributed by atoms with van der Waals surface area (Å²) in [5.74, 6) is 4.41. The predicted molar refractivity (Wildman–Crippen MR) is 67.9 cm³/mol. The number of amides is 1. The molecule has 8 heteroatoms. The zero-order valence-electron chi connectivity index (χ0n) is 10.1. The van der Waals surface area contributed by atoms with Gasteiger partial charge < -0.3 is 10.1 Å². The molecule has 1 aliphatic heterocycles. The molecule has 1 aromatic carbocycles. The van der Waals surface area contributed by atoms with E-state index in [1.54, 1.807) is 12.1 Å². The van der Waals surface area contributed by atoms with Gasteiger partial charge in [0.25, 0.3) is 5.91 Å². The van der Waals surface area contributed by atoms with Crippen LogP contribution in [0.5, 0.6) is 0 Å². The second-order valence-corrected chi connectivity index (χ2v) is 6.07. The number of nitrogens with one attached hydrogen (secondary N) is 2. The Morgan fingerprint density at radius 1 is 1.42 bits per heavy atom. The van der Waals surface area contributed by atoms with Gasteiger partial charge in [-0.1, -0.05) is 12.1 Å². The van der Waals surface area contributed by atoms with Crippen LogP contribution in [0.4, 0.5) is 0 Å². The predicted octanol–water partition coefficient (Wildman–Crippen LogP) is -0.990. The summed E-state index contributed by atoms with van der Waals surface area (Å²) in [6.45, 7) is 1.12. The molecule has 0 saturated carbocycles. The van der Waals surface area contributed by atoms with Gasteiger partial charge in [0.15, 0.2) is 5.44 Å². The fourth-order valence-corrected chi connectivity index (χ4v) is 3.49. The highest BCUT2D eigenvalue weighted by atomic mass is 32.2. The van der Waals surface area contributed by atoms with Crippen molar-refractivity contribution >= 4 is 15.7 Å². The number of benzene rings is 1. The van der Waals surface area contributed by atoms with Crippen LogP contribution in [0.25, 0.3) is 0 Å². The fourth-order valence-electron chi connectivity index (χ4n) is 1.86. The number of rotatable bonds is 3. The molecule has 104 valence electrons. The van der Waals surface area contributed by atoms with E-state index in [2.05, 4.69) is 5.32 Å². The highest BCUT2D eigenvalue weighted by Crippen LogP contribution is 2.22. The van der Waals surface area contributed by atoms with Crippen molar-refractivity contribution in [3.05, 3.63) is 29.8 Å². The molecule has 0 radical (unpaired) electrons. The Balaban J connectivity index is 2.42. The van der Waals surface area contributed by atoms with Gasteiger partial charge in [0.1, 0.15) is 0 Å². The van der Waals surface area contributed by atoms with Crippen molar-refractivity contribution in [3.63, 3.8) is 0 Å². The number of nitrogens with two attached hydrogens (primary N) is 1. The molecule has 4 N–H and O–H groups in total. The standard InChI is InChI=1S/C11H15N3O4S/c12-14-11(15)8-3-1-2-4-9(8)19(16,17)10-7-13-5-6-18-10/h1-4,10,13H,5-7,12H2,(H,14,15). The molecule has 0 spiro atoms. The van der Waals surface area contributed by atoms with Gasteiger partial charge in [-0.2, -0.15) is 0 Å². The lowest BCUT2D eigenvalue weighted by molar-refractivity contribution is 0.0783. The summed E-state index contributed by atoms with van der Waals surface area (Å²) in [7, 11) is -3.75. The van der Waals surface area contributed by atoms with E-state index in [1.165, 1.54) is 12.1 Å². The normalized spacial score (nSPS) is 19.9. The van der Waals surface area contributed by atoms with Crippen LogP contribution >= 0.6 is 0 Å². The molecule has 7 nitrogen and oxygen atoms in total. The molecular weight excluding hydrogens is 270 g/mol. The lowest BCUT2D eigenvalue weighted by atomic mass is 10.2. The van der Waals surface area contributed by atoms with Crippen molar-refractivity contribution in [3.8, 4) is 0 Å². The third kappa shape index (κ3) is 2.76. The van der Waals surface area contributed by atoms with E-state index in [0.29, 0.717) is 13.2 Å². The quantitative estimate of drug-likeness (QED) is 0.373. The Hall–Kier alpha value is -1.48. The van der Waals surface area contributed by atoms with Crippen LogP contribution in [0.15, 0.2) is 29.2 Å². The molecule has 1 unspecified atom stereocenters. The smallest absolute Gasteiger partial charge is 0.266 e. The van der Waals surface area contributed by atoms with E-state index in [9.17, 15) is 13.2 Å². The minimum absolute atomic E-state index is 0.0131. The van der Waals surface area contributed by atoms with Crippen molar-refractivity contribution < 1.29 is 17.9 Å². The SMILES string of the molecule is NNC(=O)c1ccccc1S(=O)(=O)C1CNCCO1. The molecule has 1 fully saturated rings. The number of morpholine rings is 1. The van der Waals surface area contributed by atoms with Gasteiger partial charge in [-0.05, 0) is 12.1 Å². The summed E-state index contributed by atoms with van der Waals surface area (Å²) in [6, 6.07) is 5.91. The molecule has 1 saturated heterocycles. The number of hydrogen-bond donors (Lipinski definition) is 3. The Bertz CT molecular complexity index is 567. The Labute approximate surface area is 111 Å². The van der Waals surface area contributed by atoms with E-state index in [-0.39, 0.29) is 17.0 Å². The third-order valence-electron chi connectivity index (χ3n) is 2.81. The number of ether oxygens (including phenoxy) is 1. The first-order chi connectivity index (χ1) is 9.07. The molecule has 1 aromatic rings. The van der Waals surface area contributed by atoms with Crippen molar-refractivity contribution in [2.75, 3.05) is 19.7 Å². The zero-order chi connectivity index (χ0) is 13.9. The van der Waals surface area contributed by atoms with Gasteiger partial charge in [0, 0.05) is 13.1 Å². The molecule has 1 aliphatic rings. The monoisotopic (exact) mass is 285 g/mol. The molecule has 2 rings (SSSR count). The van der Waals surface area contributed by atoms with E-state index in [4.69, 9.17) is 10.6 Å². The molecule has 0 aliphatic carbocycles. The Morgan fingerprint density at radius 2 is 2.16 bits per heavy atom. The molecule has 19 heavy (non-hydrogen) atoms. The minimum Gasteiger partial charge on any atom is -0.359 e. The van der Waals surface area contributed by atoms with Crippen LogP contribution in [0, 0.1) is 0 Å². The van der Waals surface area contributed by atoms with Crippen molar-refractivity contribution in [2.24, 2.45) is 5.84 Å². The Kier molecular flexibility index (Phi) is 4.15. The first-order valence-electron chi connectivity index (χ1n) is 5.73. The van der Waals surface area contributed by atoms with E-state index in [0.717, 1.165) is 0 Å². The molecule has 1 atom stereocenters. The van der Waals surface area contributed by atoms with Gasteiger partial charge in [-0.25, -0.2) is 14.3 Å². The summed E-state index contributed by atoms with van der Waals surface area (Å²) in [5.41, 5.74) is 0.957. The van der Waals surface area contributed by atoms with E-state index < -0.39 is 21.2 Å². The van der Waals surface area contributed by atoms with Crippen LogP contribution in [-0.4, -0.2) is 39.5 Å². The highest BCUT2D eigenvalue weighted by molar-refractivity contribution is 7.92. The zero-order valence-corrected chi connectivity index (χ0v) is 10.9. The van der Waals surface area contributed by atoms with E-state index >= 15 is 0 Å². The van der Waals surface area contributed by atoms with Gasteiger partial charge >= 0.3 is 0 Å². The number of carbonyl (C=O) groups is 1. The largest absolute Gasteiger partial charge is 0.359 e. The van der Waals surface area contributed by atoms with Gasteiger partial charge in [0.05, 0.1) is 17.1 Å². The maximum absolute atomic E-state index is 12.4. The second-order valence-electron chi connectivity index (χ2n) is 4.02. The minimum atomic E-state index is -3.75. The third-order valence-corrected chi connectivity index (χ3v) is 4.77. The summed E-state index contributed by atoms with van der Waals surface area (Å²) in [6.07, 6.45) is 0. The number of nitrogen functional groups attached to an aromatic ring is 1. The summed E-state index contributed by atoms with van der Waals surface area (Å²) < 4.78 is 30.1. The van der Waals surface area contributed by atoms with Crippen LogP contribution in [0.1, 0.15) is 10.4 Å². The molecule has 1 amide bonds. The molecule has 1 heterocycles. The first kappa shape index (κ1) is 13.9. The lowest BCUT2D eigenvalue weighted by Crippen LogP contribution is -2.43. The van der Waals surface area contributed by atoms with Gasteiger partial charge in [-0.3, -0.25) is 10.2 Å². The van der Waals surface area contributed by atoms with Crippen molar-refractivity contribution in [1.29, 1.82) is 0 Å². The topological polar surface area (TPSA) is 111 Å². The number of hydrazine groups is 1. The molecule has 0 bridgehead atoms. The summed E-state index contributed by atoms with van der Waals surface area (Å²) in [4.78, 5) is 11.5. The highest BCUT2D eigenvalue weighted by Gasteiger charge is 2.32. The number of carbonyl (C=O) groups excluding carboxylic acids is 1. The average molecular weight is 285 g/mol. The number of sulfone groups is 1. The van der Waals surface area contributed by atoms with Gasteiger partial charge in [0.2, 0.25) is 9.84 Å². The molecule has 0 aromatic heterocycles. The number of hydrogen-bond acceptors (Lipinski definition) is 6. The van der Waals surface area contributed by atoms with E-state index in [1.807, 2.05) is 5.43 Å². The van der Waals surface area contributed by atoms with Crippen LogP contribution in [0.3, 0.4) is 0 Å². The van der Waals surface area contributed by atoms with Crippen LogP contribution < -0.4 is 16.6 Å². The van der Waals surface area contributed by atoms with Crippen molar-refractivity contribution in [2.45, 2.75) is 10.3 Å². The van der Waals surface area contributed by atoms with Crippen LogP contribution in [-0.2, 0) is 14.6 Å². The van der Waals surface area contributed by atoms with Crippen LogP contribution in [0.2, 0.25) is 0 Å².